The number of carbonyl (C=O) groups is 1. The zero-order valence-corrected chi connectivity index (χ0v) is 16.6. The third-order valence-corrected chi connectivity index (χ3v) is 4.99. The number of nitrogens with one attached hydrogen (secondary N) is 1. The van der Waals surface area contributed by atoms with Crippen molar-refractivity contribution in [3.63, 3.8) is 0 Å². The number of hydrogen-bond donors (Lipinski definition) is 1. The number of fused-ring (bicyclic) bond motifs is 2. The standard InChI is InChI=1S/C22H23N5O2/c1-3-12-27-18-10-5-4-9-17(18)24-22(27)25-19(28)11-13-26-14-23-20-15(2)7-6-8-16(20)21(26)29/h4-10,14H,3,11-13H2,1-2H3,(H,24,25,28). The first-order valence-corrected chi connectivity index (χ1v) is 9.78. The summed E-state index contributed by atoms with van der Waals surface area (Å²) in [6.45, 7) is 5.04. The zero-order valence-electron chi connectivity index (χ0n) is 16.6. The maximum Gasteiger partial charge on any atom is 0.261 e. The molecule has 2 aromatic heterocycles. The van der Waals surface area contributed by atoms with E-state index in [9.17, 15) is 9.59 Å². The molecule has 7 nitrogen and oxygen atoms in total. The second-order valence-corrected chi connectivity index (χ2v) is 7.09. The molecule has 2 heterocycles. The van der Waals surface area contributed by atoms with Gasteiger partial charge in [0.05, 0.1) is 28.3 Å². The molecule has 4 rings (SSSR count). The van der Waals surface area contributed by atoms with Crippen LogP contribution in [0.3, 0.4) is 0 Å². The van der Waals surface area contributed by atoms with Gasteiger partial charge in [0, 0.05) is 19.5 Å². The van der Waals surface area contributed by atoms with Crippen LogP contribution in [-0.2, 0) is 17.9 Å². The van der Waals surface area contributed by atoms with E-state index in [-0.39, 0.29) is 24.4 Å². The summed E-state index contributed by atoms with van der Waals surface area (Å²) >= 11 is 0. The van der Waals surface area contributed by atoms with Crippen LogP contribution in [0.1, 0.15) is 25.3 Å². The second kappa shape index (κ2) is 7.87. The number of amides is 1. The van der Waals surface area contributed by atoms with Gasteiger partial charge in [-0.3, -0.25) is 19.5 Å². The molecule has 0 unspecified atom stereocenters. The van der Waals surface area contributed by atoms with Gasteiger partial charge in [0.1, 0.15) is 0 Å². The lowest BCUT2D eigenvalue weighted by molar-refractivity contribution is -0.116. The molecular weight excluding hydrogens is 366 g/mol. The van der Waals surface area contributed by atoms with Crippen molar-refractivity contribution in [1.82, 2.24) is 19.1 Å². The quantitative estimate of drug-likeness (QED) is 0.547. The molecule has 0 spiro atoms. The summed E-state index contributed by atoms with van der Waals surface area (Å²) in [5, 5.41) is 3.47. The molecule has 0 bridgehead atoms. The number of hydrogen-bond acceptors (Lipinski definition) is 4. The topological polar surface area (TPSA) is 81.8 Å². The first kappa shape index (κ1) is 18.9. The van der Waals surface area contributed by atoms with Crippen molar-refractivity contribution < 1.29 is 4.79 Å². The SMILES string of the molecule is CCCn1c(NC(=O)CCn2cnc3c(C)cccc3c2=O)nc2ccccc21. The lowest BCUT2D eigenvalue weighted by Gasteiger charge is -2.10. The number of rotatable bonds is 6. The Bertz CT molecular complexity index is 1260. The minimum absolute atomic E-state index is 0.135. The number of benzene rings is 2. The molecule has 7 heteroatoms. The highest BCUT2D eigenvalue weighted by molar-refractivity contribution is 5.91. The summed E-state index contributed by atoms with van der Waals surface area (Å²) in [6.07, 6.45) is 2.60. The molecule has 2 aromatic carbocycles. The monoisotopic (exact) mass is 389 g/mol. The Balaban J connectivity index is 1.52. The number of nitrogens with zero attached hydrogens (tertiary/aromatic N) is 4. The molecular formula is C22H23N5O2. The maximum absolute atomic E-state index is 12.7. The summed E-state index contributed by atoms with van der Waals surface area (Å²) in [6, 6.07) is 13.3. The Morgan fingerprint density at radius 2 is 1.93 bits per heavy atom. The lowest BCUT2D eigenvalue weighted by atomic mass is 10.1. The van der Waals surface area contributed by atoms with Gasteiger partial charge in [-0.1, -0.05) is 31.2 Å². The summed E-state index contributed by atoms with van der Waals surface area (Å²) in [5.41, 5.74) is 3.37. The van der Waals surface area contributed by atoms with Crippen molar-refractivity contribution in [2.45, 2.75) is 39.8 Å². The molecule has 1 amide bonds. The third kappa shape index (κ3) is 3.63. The summed E-state index contributed by atoms with van der Waals surface area (Å²) in [4.78, 5) is 34.2. The van der Waals surface area contributed by atoms with Crippen LogP contribution in [-0.4, -0.2) is 25.0 Å². The number of imidazole rings is 1. The molecule has 1 N–H and O–H groups in total. The number of para-hydroxylation sites is 3. The predicted molar refractivity (Wildman–Crippen MR) is 114 cm³/mol. The van der Waals surface area contributed by atoms with Crippen molar-refractivity contribution >= 4 is 33.8 Å². The van der Waals surface area contributed by atoms with E-state index in [0.717, 1.165) is 29.6 Å². The molecule has 0 aliphatic rings. The molecule has 0 fully saturated rings. The number of carbonyl (C=O) groups excluding carboxylic acids is 1. The number of aromatic nitrogens is 4. The Hall–Kier alpha value is -3.48. The van der Waals surface area contributed by atoms with Crippen LogP contribution >= 0.6 is 0 Å². The minimum Gasteiger partial charge on any atom is -0.310 e. The van der Waals surface area contributed by atoms with Crippen LogP contribution < -0.4 is 10.9 Å². The lowest BCUT2D eigenvalue weighted by Crippen LogP contribution is -2.24. The molecule has 0 radical (unpaired) electrons. The number of anilines is 1. The fourth-order valence-corrected chi connectivity index (χ4v) is 3.53. The average Bonchev–Trinajstić information content (AvgIpc) is 3.05. The summed E-state index contributed by atoms with van der Waals surface area (Å²) in [7, 11) is 0. The van der Waals surface area contributed by atoms with E-state index in [1.807, 2.05) is 47.9 Å². The minimum atomic E-state index is -0.186. The van der Waals surface area contributed by atoms with Crippen molar-refractivity contribution in [3.05, 3.63) is 64.7 Å². The van der Waals surface area contributed by atoms with E-state index in [1.54, 1.807) is 6.07 Å². The van der Waals surface area contributed by atoms with Crippen LogP contribution in [0.2, 0.25) is 0 Å². The first-order valence-electron chi connectivity index (χ1n) is 9.78. The largest absolute Gasteiger partial charge is 0.310 e. The summed E-state index contributed by atoms with van der Waals surface area (Å²) < 4.78 is 3.50. The van der Waals surface area contributed by atoms with E-state index in [2.05, 4.69) is 22.2 Å². The normalized spacial score (nSPS) is 11.2. The van der Waals surface area contributed by atoms with Gasteiger partial charge < -0.3 is 4.57 Å². The van der Waals surface area contributed by atoms with E-state index in [0.29, 0.717) is 16.9 Å². The highest BCUT2D eigenvalue weighted by Crippen LogP contribution is 2.20. The van der Waals surface area contributed by atoms with E-state index in [1.165, 1.54) is 10.9 Å². The Morgan fingerprint density at radius 1 is 1.10 bits per heavy atom. The van der Waals surface area contributed by atoms with Gasteiger partial charge in [-0.25, -0.2) is 9.97 Å². The van der Waals surface area contributed by atoms with Crippen molar-refractivity contribution in [2.75, 3.05) is 5.32 Å². The predicted octanol–water partition coefficient (Wildman–Crippen LogP) is 3.49. The van der Waals surface area contributed by atoms with Gasteiger partial charge in [-0.15, -0.1) is 0 Å². The van der Waals surface area contributed by atoms with E-state index < -0.39 is 0 Å². The Labute approximate surface area is 168 Å². The van der Waals surface area contributed by atoms with Gasteiger partial charge in [-0.2, -0.15) is 0 Å². The van der Waals surface area contributed by atoms with Crippen LogP contribution in [0, 0.1) is 6.92 Å². The Kier molecular flexibility index (Phi) is 5.12. The molecule has 0 atom stereocenters. The highest BCUT2D eigenvalue weighted by Gasteiger charge is 2.13. The van der Waals surface area contributed by atoms with Gasteiger partial charge in [-0.05, 0) is 37.1 Å². The van der Waals surface area contributed by atoms with E-state index in [4.69, 9.17) is 0 Å². The van der Waals surface area contributed by atoms with Crippen LogP contribution in [0.25, 0.3) is 21.9 Å². The van der Waals surface area contributed by atoms with Crippen molar-refractivity contribution in [1.29, 1.82) is 0 Å². The summed E-state index contributed by atoms with van der Waals surface area (Å²) in [5.74, 6) is 0.353. The molecule has 0 saturated heterocycles. The highest BCUT2D eigenvalue weighted by atomic mass is 16.2. The number of aryl methyl sites for hydroxylation is 3. The van der Waals surface area contributed by atoms with Crippen LogP contribution in [0.5, 0.6) is 0 Å². The molecule has 0 aliphatic heterocycles. The van der Waals surface area contributed by atoms with Gasteiger partial charge >= 0.3 is 0 Å². The third-order valence-electron chi connectivity index (χ3n) is 4.99. The molecule has 29 heavy (non-hydrogen) atoms. The molecule has 148 valence electrons. The van der Waals surface area contributed by atoms with Crippen LogP contribution in [0.4, 0.5) is 5.95 Å². The van der Waals surface area contributed by atoms with Gasteiger partial charge in [0.15, 0.2) is 0 Å². The zero-order chi connectivity index (χ0) is 20.4. The van der Waals surface area contributed by atoms with Crippen molar-refractivity contribution in [2.24, 2.45) is 0 Å². The molecule has 0 saturated carbocycles. The Morgan fingerprint density at radius 3 is 2.76 bits per heavy atom. The fraction of sp³-hybridized carbons (Fsp3) is 0.273. The first-order chi connectivity index (χ1) is 14.1. The molecule has 4 aromatic rings. The maximum atomic E-state index is 12.7. The van der Waals surface area contributed by atoms with E-state index >= 15 is 0 Å². The molecule has 0 aliphatic carbocycles. The average molecular weight is 389 g/mol. The fourth-order valence-electron chi connectivity index (χ4n) is 3.53. The van der Waals surface area contributed by atoms with Gasteiger partial charge in [0.25, 0.3) is 5.56 Å². The second-order valence-electron chi connectivity index (χ2n) is 7.09. The van der Waals surface area contributed by atoms with Crippen molar-refractivity contribution in [3.8, 4) is 0 Å². The smallest absolute Gasteiger partial charge is 0.261 e. The van der Waals surface area contributed by atoms with Gasteiger partial charge in [0.2, 0.25) is 11.9 Å². The van der Waals surface area contributed by atoms with Crippen LogP contribution in [0.15, 0.2) is 53.6 Å².